The van der Waals surface area contributed by atoms with Crippen molar-refractivity contribution in [1.82, 2.24) is 46.1 Å². The maximum Gasteiger partial charge on any atom is 0.408 e. The van der Waals surface area contributed by atoms with Crippen molar-refractivity contribution in [2.24, 2.45) is 0 Å². The zero-order valence-corrected chi connectivity index (χ0v) is 32.6. The molecule has 7 amide bonds. The first-order valence-electron chi connectivity index (χ1n) is 18.5. The minimum atomic E-state index is -1.61. The van der Waals surface area contributed by atoms with Crippen molar-refractivity contribution in [1.29, 1.82) is 0 Å². The minimum absolute atomic E-state index is 0.177. The number of fused-ring (bicyclic) bond motifs is 1. The number of imidazole rings is 1. The molecular formula is C37H45N11O12. The summed E-state index contributed by atoms with van der Waals surface area (Å²) in [5.41, 5.74) is 1.88. The van der Waals surface area contributed by atoms with Crippen molar-refractivity contribution in [3.05, 3.63) is 66.8 Å². The number of ether oxygens (including phenoxy) is 2. The molecule has 60 heavy (non-hydrogen) atoms. The molecule has 0 aliphatic carbocycles. The van der Waals surface area contributed by atoms with Crippen LogP contribution in [0.4, 0.5) is 16.3 Å². The fraction of sp³-hybridized carbons (Fsp3) is 0.405. The van der Waals surface area contributed by atoms with Crippen LogP contribution in [0.3, 0.4) is 0 Å². The Morgan fingerprint density at radius 2 is 1.62 bits per heavy atom. The van der Waals surface area contributed by atoms with Gasteiger partial charge in [0.2, 0.25) is 23.6 Å². The molecule has 23 heteroatoms. The lowest BCUT2D eigenvalue weighted by molar-refractivity contribution is -0.185. The van der Waals surface area contributed by atoms with Gasteiger partial charge in [0.05, 0.1) is 19.0 Å². The molecule has 0 radical (unpaired) electrons. The van der Waals surface area contributed by atoms with Crippen LogP contribution in [0.1, 0.15) is 32.8 Å². The fourth-order valence-corrected chi connectivity index (χ4v) is 5.96. The Balaban J connectivity index is 1.03. The molecule has 0 bridgehead atoms. The van der Waals surface area contributed by atoms with Gasteiger partial charge < -0.3 is 61.7 Å². The fourth-order valence-electron chi connectivity index (χ4n) is 5.96. The standard InChI is InChI=1S/C37H45N11O12/c1-17(2)26(45-23(50)11-12-48-24(51)9-10-25(48)52)35(57)42-18(3)33(55)44-21-7-5-20(6-8-21)14-59-37(58)43-19(4)34(56)46-27-22(13-49)60-36(30(54)29(27)53)47-32-28-31(39-15-38-28)40-16-41-32/h5-10,15-16,18-19,22,26-27,29-30,36,49,53-54H,1,11-14H2,2-4H3,(H,42,57)(H,43,58)(H,44,55)(H,45,50)(H,46,56)(H2,38,39,40,41,47)/t18-,19-,22-,26-,27-,29+,30-,36-/m0/s1. The molecule has 2 aliphatic rings. The third kappa shape index (κ3) is 11.0. The van der Waals surface area contributed by atoms with E-state index in [4.69, 9.17) is 9.47 Å². The maximum absolute atomic E-state index is 13.0. The number of aliphatic hydroxyl groups is 3. The van der Waals surface area contributed by atoms with Crippen LogP contribution < -0.4 is 31.9 Å². The van der Waals surface area contributed by atoms with Crippen LogP contribution >= 0.6 is 0 Å². The summed E-state index contributed by atoms with van der Waals surface area (Å²) < 4.78 is 11.0. The number of aliphatic hydroxyl groups excluding tert-OH is 3. The van der Waals surface area contributed by atoms with Crippen LogP contribution in [0.5, 0.6) is 0 Å². The molecule has 0 unspecified atom stereocenters. The average Bonchev–Trinajstić information content (AvgIpc) is 3.84. The van der Waals surface area contributed by atoms with E-state index < -0.39 is 96.9 Å². The largest absolute Gasteiger partial charge is 0.445 e. The van der Waals surface area contributed by atoms with E-state index in [0.29, 0.717) is 22.4 Å². The number of hydrogen-bond donors (Lipinski definition) is 10. The summed E-state index contributed by atoms with van der Waals surface area (Å²) in [6.07, 6.45) is -2.02. The van der Waals surface area contributed by atoms with E-state index >= 15 is 0 Å². The molecular weight excluding hydrogens is 790 g/mol. The molecule has 0 spiro atoms. The number of benzene rings is 1. The number of aromatic amines is 1. The number of carbonyl (C=O) groups excluding carboxylic acids is 7. The number of carbonyl (C=O) groups is 7. The van der Waals surface area contributed by atoms with Crippen molar-refractivity contribution in [2.75, 3.05) is 23.8 Å². The Morgan fingerprint density at radius 1 is 0.933 bits per heavy atom. The van der Waals surface area contributed by atoms with E-state index in [2.05, 4.69) is 58.4 Å². The first-order chi connectivity index (χ1) is 28.6. The Kier molecular flexibility index (Phi) is 14.6. The molecule has 1 fully saturated rings. The molecule has 10 N–H and O–H groups in total. The lowest BCUT2D eigenvalue weighted by atomic mass is 9.95. The molecule has 5 rings (SSSR count). The number of nitrogens with zero attached hydrogens (tertiary/aromatic N) is 4. The van der Waals surface area contributed by atoms with E-state index in [1.165, 1.54) is 45.6 Å². The number of nitrogens with one attached hydrogen (secondary N) is 7. The minimum Gasteiger partial charge on any atom is -0.445 e. The van der Waals surface area contributed by atoms with Crippen LogP contribution in [0, 0.1) is 0 Å². The number of amides is 7. The molecule has 23 nitrogen and oxygen atoms in total. The van der Waals surface area contributed by atoms with E-state index in [-0.39, 0.29) is 31.0 Å². The normalized spacial score (nSPS) is 21.4. The van der Waals surface area contributed by atoms with Gasteiger partial charge in [-0.25, -0.2) is 19.7 Å². The van der Waals surface area contributed by atoms with Gasteiger partial charge in [-0.05, 0) is 44.0 Å². The molecule has 320 valence electrons. The van der Waals surface area contributed by atoms with Gasteiger partial charge in [0.1, 0.15) is 54.9 Å². The number of alkyl carbamates (subject to hydrolysis) is 1. The average molecular weight is 836 g/mol. The number of H-pyrrole nitrogens is 1. The predicted octanol–water partition coefficient (Wildman–Crippen LogP) is -2.18. The molecule has 8 atom stereocenters. The quantitative estimate of drug-likeness (QED) is 0.0511. The van der Waals surface area contributed by atoms with Gasteiger partial charge in [-0.15, -0.1) is 0 Å². The monoisotopic (exact) mass is 835 g/mol. The predicted molar refractivity (Wildman–Crippen MR) is 208 cm³/mol. The van der Waals surface area contributed by atoms with Crippen LogP contribution in [-0.2, 0) is 44.8 Å². The number of aromatic nitrogens is 4. The third-order valence-corrected chi connectivity index (χ3v) is 9.34. The molecule has 1 saturated heterocycles. The Labute approximate surface area is 341 Å². The highest BCUT2D eigenvalue weighted by Crippen LogP contribution is 2.25. The summed E-state index contributed by atoms with van der Waals surface area (Å²) in [7, 11) is 0. The van der Waals surface area contributed by atoms with E-state index in [1.54, 1.807) is 12.1 Å². The highest BCUT2D eigenvalue weighted by Gasteiger charge is 2.45. The van der Waals surface area contributed by atoms with Gasteiger partial charge >= 0.3 is 6.09 Å². The van der Waals surface area contributed by atoms with Gasteiger partial charge in [-0.2, -0.15) is 0 Å². The molecule has 2 aromatic heterocycles. The maximum atomic E-state index is 13.0. The number of rotatable bonds is 17. The van der Waals surface area contributed by atoms with E-state index in [9.17, 15) is 48.9 Å². The second kappa shape index (κ2) is 19.8. The first-order valence-corrected chi connectivity index (χ1v) is 18.5. The lowest BCUT2D eigenvalue weighted by Gasteiger charge is -2.43. The van der Waals surface area contributed by atoms with Crippen molar-refractivity contribution in [3.63, 3.8) is 0 Å². The smallest absolute Gasteiger partial charge is 0.408 e. The topological polar surface area (TPSA) is 329 Å². The molecule has 1 aromatic carbocycles. The Morgan fingerprint density at radius 3 is 2.28 bits per heavy atom. The summed E-state index contributed by atoms with van der Waals surface area (Å²) in [5.74, 6) is -3.57. The van der Waals surface area contributed by atoms with Crippen LogP contribution in [-0.4, -0.2) is 144 Å². The van der Waals surface area contributed by atoms with Crippen LogP contribution in [0.15, 0.2) is 61.2 Å². The van der Waals surface area contributed by atoms with Crippen molar-refractivity contribution < 1.29 is 58.4 Å². The lowest BCUT2D eigenvalue weighted by Crippen LogP contribution is -2.67. The third-order valence-electron chi connectivity index (χ3n) is 9.34. The van der Waals surface area contributed by atoms with Gasteiger partial charge in [-0.1, -0.05) is 18.7 Å². The highest BCUT2D eigenvalue weighted by molar-refractivity contribution is 6.13. The first kappa shape index (κ1) is 44.3. The summed E-state index contributed by atoms with van der Waals surface area (Å²) in [6.45, 7) is 6.96. The van der Waals surface area contributed by atoms with Crippen molar-refractivity contribution in [2.45, 2.75) is 82.5 Å². The number of hydrogen-bond acceptors (Lipinski definition) is 16. The Bertz CT molecular complexity index is 2120. The Hall–Kier alpha value is -6.82. The summed E-state index contributed by atoms with van der Waals surface area (Å²) >= 11 is 0. The van der Waals surface area contributed by atoms with E-state index in [1.807, 2.05) is 0 Å². The van der Waals surface area contributed by atoms with Gasteiger partial charge in [-0.3, -0.25) is 33.7 Å². The zero-order valence-electron chi connectivity index (χ0n) is 32.6. The highest BCUT2D eigenvalue weighted by atomic mass is 16.6. The zero-order chi connectivity index (χ0) is 43.7. The SMILES string of the molecule is C=C(C)[C@H](NC(=O)CCN1C(=O)C=CC1=O)C(=O)N[C@@H](C)C(=O)Nc1ccc(COC(=O)N[C@@H](C)C(=O)N[C@@H]2[C@@H](O)[C@H](O)[C@@H](Nc3ncnc4nc[nH]c34)O[C@H]2CO)cc1. The number of imide groups is 1. The van der Waals surface area contributed by atoms with Crippen LogP contribution in [0.25, 0.3) is 11.2 Å². The summed E-state index contributed by atoms with van der Waals surface area (Å²) in [4.78, 5) is 103. The molecule has 2 aliphatic heterocycles. The molecule has 3 aromatic rings. The summed E-state index contributed by atoms with van der Waals surface area (Å²) in [6, 6.07) is 1.45. The molecule has 0 saturated carbocycles. The van der Waals surface area contributed by atoms with Gasteiger partial charge in [0.15, 0.2) is 17.7 Å². The molecule has 4 heterocycles. The van der Waals surface area contributed by atoms with Crippen LogP contribution in [0.2, 0.25) is 0 Å². The van der Waals surface area contributed by atoms with Crippen molar-refractivity contribution in [3.8, 4) is 0 Å². The second-order valence-corrected chi connectivity index (χ2v) is 13.9. The van der Waals surface area contributed by atoms with E-state index in [0.717, 1.165) is 17.1 Å². The van der Waals surface area contributed by atoms with Crippen molar-refractivity contribution >= 4 is 64.2 Å². The number of anilines is 2. The second-order valence-electron chi connectivity index (χ2n) is 13.9. The summed E-state index contributed by atoms with van der Waals surface area (Å²) in [5, 5.41) is 47.0. The van der Waals surface area contributed by atoms with Gasteiger partial charge in [0.25, 0.3) is 11.8 Å². The van der Waals surface area contributed by atoms with Gasteiger partial charge in [0, 0.05) is 30.8 Å².